The third-order valence-electron chi connectivity index (χ3n) is 18.8. The molecule has 0 aliphatic carbocycles. The Kier molecular flexibility index (Phi) is 71.6. The Labute approximate surface area is 607 Å². The second kappa shape index (κ2) is 73.0. The van der Waals surface area contributed by atoms with Crippen LogP contribution in [0.15, 0.2) is 0 Å². The molecule has 19 heteroatoms. The van der Waals surface area contributed by atoms with Crippen molar-refractivity contribution in [1.82, 2.24) is 0 Å². The first kappa shape index (κ1) is 97.1. The van der Waals surface area contributed by atoms with E-state index in [1.165, 1.54) is 250 Å². The summed E-state index contributed by atoms with van der Waals surface area (Å²) in [7, 11) is -9.91. The summed E-state index contributed by atoms with van der Waals surface area (Å²) >= 11 is 0. The molecule has 0 rings (SSSR count). The van der Waals surface area contributed by atoms with Crippen LogP contribution in [0.25, 0.3) is 0 Å². The van der Waals surface area contributed by atoms with Crippen LogP contribution < -0.4 is 0 Å². The number of esters is 4. The van der Waals surface area contributed by atoms with Gasteiger partial charge in [-0.25, -0.2) is 9.13 Å². The lowest BCUT2D eigenvalue weighted by atomic mass is 10.0. The maximum Gasteiger partial charge on any atom is 0.472 e. The van der Waals surface area contributed by atoms with Crippen molar-refractivity contribution in [2.24, 2.45) is 5.92 Å². The minimum absolute atomic E-state index is 0.107. The van der Waals surface area contributed by atoms with Crippen molar-refractivity contribution < 1.29 is 80.2 Å². The molecule has 0 heterocycles. The number of phosphoric acid groups is 2. The summed E-state index contributed by atoms with van der Waals surface area (Å²) in [4.78, 5) is 72.9. The number of aliphatic hydroxyl groups is 1. The Morgan fingerprint density at radius 2 is 0.465 bits per heavy atom. The summed E-state index contributed by atoms with van der Waals surface area (Å²) in [6, 6.07) is 0. The second-order valence-electron chi connectivity index (χ2n) is 29.3. The molecule has 0 saturated heterocycles. The largest absolute Gasteiger partial charge is 0.472 e. The van der Waals surface area contributed by atoms with Crippen molar-refractivity contribution in [3.05, 3.63) is 0 Å². The molecule has 5 atom stereocenters. The molecular weight excluding hydrogens is 1290 g/mol. The van der Waals surface area contributed by atoms with Crippen LogP contribution in [0.2, 0.25) is 0 Å². The van der Waals surface area contributed by atoms with Crippen molar-refractivity contribution in [3.8, 4) is 0 Å². The number of carbonyl (C=O) groups excluding carboxylic acids is 4. The molecule has 17 nitrogen and oxygen atoms in total. The van der Waals surface area contributed by atoms with E-state index >= 15 is 0 Å². The van der Waals surface area contributed by atoms with Gasteiger partial charge in [0.2, 0.25) is 0 Å². The number of phosphoric ester groups is 2. The fourth-order valence-electron chi connectivity index (χ4n) is 12.4. The smallest absolute Gasteiger partial charge is 0.462 e. The van der Waals surface area contributed by atoms with Crippen molar-refractivity contribution in [1.29, 1.82) is 0 Å². The lowest BCUT2D eigenvalue weighted by molar-refractivity contribution is -0.161. The topological polar surface area (TPSA) is 237 Å². The predicted molar refractivity (Wildman–Crippen MR) is 405 cm³/mol. The summed E-state index contributed by atoms with van der Waals surface area (Å²) in [5.41, 5.74) is 0. The highest BCUT2D eigenvalue weighted by atomic mass is 31.2. The molecule has 0 spiro atoms. The van der Waals surface area contributed by atoms with Crippen LogP contribution in [0.5, 0.6) is 0 Å². The summed E-state index contributed by atoms with van der Waals surface area (Å²) in [6.07, 6.45) is 63.8. The minimum atomic E-state index is -4.96. The number of aliphatic hydroxyl groups excluding tert-OH is 1. The van der Waals surface area contributed by atoms with Gasteiger partial charge in [0.05, 0.1) is 26.4 Å². The Balaban J connectivity index is 5.22. The number of unbranched alkanes of at least 4 members (excludes halogenated alkanes) is 52. The van der Waals surface area contributed by atoms with Crippen LogP contribution in [0, 0.1) is 5.92 Å². The van der Waals surface area contributed by atoms with Crippen molar-refractivity contribution in [3.63, 3.8) is 0 Å². The first-order chi connectivity index (χ1) is 48.0. The molecule has 0 aromatic carbocycles. The van der Waals surface area contributed by atoms with E-state index in [1.54, 1.807) is 0 Å². The summed E-state index contributed by atoms with van der Waals surface area (Å²) < 4.78 is 68.7. The first-order valence-electron chi connectivity index (χ1n) is 41.6. The predicted octanol–water partition coefficient (Wildman–Crippen LogP) is 24.0. The van der Waals surface area contributed by atoms with Gasteiger partial charge in [-0.1, -0.05) is 375 Å². The maximum atomic E-state index is 13.1. The highest BCUT2D eigenvalue weighted by Gasteiger charge is 2.30. The average Bonchev–Trinajstić information content (AvgIpc) is 1.52. The van der Waals surface area contributed by atoms with Crippen molar-refractivity contribution in [2.45, 2.75) is 445 Å². The monoisotopic (exact) mass is 1450 g/mol. The van der Waals surface area contributed by atoms with Gasteiger partial charge < -0.3 is 33.8 Å². The summed E-state index contributed by atoms with van der Waals surface area (Å²) in [6.45, 7) is 7.31. The van der Waals surface area contributed by atoms with E-state index in [9.17, 15) is 43.2 Å². The van der Waals surface area contributed by atoms with Crippen molar-refractivity contribution >= 4 is 39.5 Å². The standard InChI is InChI=1S/C80H156O17P2/c1-6-9-12-15-18-21-23-25-27-29-30-32-34-36-40-45-50-55-60-65-79(84)97-76(70-91-78(83)64-59-54-49-44-39-35-33-31-28-26-24-22-19-16-13-10-7-2)72-95-99(88,89)93-68-74(81)67-92-98(86,87)94-71-75(69-90-77(82)63-58-53-48-42-20-17-14-11-8-3)96-80(85)66-61-56-51-46-41-37-38-43-47-52-57-62-73(4)5/h73-76,81H,6-72H2,1-5H3,(H,86,87)(H,88,89)/t74-,75+,76+/m0/s1. The Bertz CT molecular complexity index is 1890. The van der Waals surface area contributed by atoms with E-state index in [0.717, 1.165) is 95.8 Å². The van der Waals surface area contributed by atoms with E-state index in [1.807, 2.05) is 0 Å². The van der Waals surface area contributed by atoms with E-state index in [2.05, 4.69) is 34.6 Å². The zero-order chi connectivity index (χ0) is 72.7. The van der Waals surface area contributed by atoms with Gasteiger partial charge in [0.1, 0.15) is 19.3 Å². The molecule has 0 aromatic heterocycles. The zero-order valence-electron chi connectivity index (χ0n) is 64.6. The molecule has 0 aliphatic rings. The maximum absolute atomic E-state index is 13.1. The first-order valence-corrected chi connectivity index (χ1v) is 44.6. The second-order valence-corrected chi connectivity index (χ2v) is 32.2. The molecule has 0 radical (unpaired) electrons. The molecule has 0 aliphatic heterocycles. The van der Waals surface area contributed by atoms with Crippen LogP contribution in [0.4, 0.5) is 0 Å². The fourth-order valence-corrected chi connectivity index (χ4v) is 14.0. The normalized spacial score (nSPS) is 13.9. The van der Waals surface area contributed by atoms with Gasteiger partial charge >= 0.3 is 39.5 Å². The number of carbonyl (C=O) groups is 4. The van der Waals surface area contributed by atoms with Crippen LogP contribution >= 0.6 is 15.6 Å². The van der Waals surface area contributed by atoms with E-state index < -0.39 is 97.5 Å². The minimum Gasteiger partial charge on any atom is -0.462 e. The van der Waals surface area contributed by atoms with Gasteiger partial charge in [0.25, 0.3) is 0 Å². The zero-order valence-corrected chi connectivity index (χ0v) is 66.4. The number of hydrogen-bond acceptors (Lipinski definition) is 15. The van der Waals surface area contributed by atoms with E-state index in [0.29, 0.717) is 25.7 Å². The number of hydrogen-bond donors (Lipinski definition) is 3. The molecule has 3 N–H and O–H groups in total. The van der Waals surface area contributed by atoms with Gasteiger partial charge in [0, 0.05) is 25.7 Å². The fraction of sp³-hybridized carbons (Fsp3) is 0.950. The van der Waals surface area contributed by atoms with Gasteiger partial charge in [0.15, 0.2) is 12.2 Å². The van der Waals surface area contributed by atoms with Crippen molar-refractivity contribution in [2.75, 3.05) is 39.6 Å². The van der Waals surface area contributed by atoms with E-state index in [4.69, 9.17) is 37.0 Å². The summed E-state index contributed by atoms with van der Waals surface area (Å²) in [5.74, 6) is -1.34. The highest BCUT2D eigenvalue weighted by Crippen LogP contribution is 2.45. The quantitative estimate of drug-likeness (QED) is 0.0222. The Morgan fingerprint density at radius 3 is 0.687 bits per heavy atom. The Hall–Kier alpha value is -1.94. The molecule has 2 unspecified atom stereocenters. The molecular formula is C80H156O17P2. The molecule has 0 bridgehead atoms. The lowest BCUT2D eigenvalue weighted by Gasteiger charge is -2.21. The third kappa shape index (κ3) is 74.1. The SMILES string of the molecule is CCCCCCCCCCCCCCCCCCCCCC(=O)O[C@H](COC(=O)CCCCCCCCCCCCCCCCCCC)COP(=O)(O)OC[C@@H](O)COP(=O)(O)OC[C@@H](COC(=O)CCCCCCCCCCC)OC(=O)CCCCCCCCCCCCCC(C)C. The molecule has 99 heavy (non-hydrogen) atoms. The molecule has 588 valence electrons. The van der Waals surface area contributed by atoms with Gasteiger partial charge in [-0.3, -0.25) is 37.3 Å². The molecule has 0 fully saturated rings. The van der Waals surface area contributed by atoms with Crippen LogP contribution in [0.3, 0.4) is 0 Å². The molecule has 0 saturated carbocycles. The molecule has 0 aromatic rings. The number of rotatable bonds is 80. The van der Waals surface area contributed by atoms with E-state index in [-0.39, 0.29) is 25.7 Å². The highest BCUT2D eigenvalue weighted by molar-refractivity contribution is 7.47. The van der Waals surface area contributed by atoms with Gasteiger partial charge in [-0.05, 0) is 31.6 Å². The summed E-state index contributed by atoms with van der Waals surface area (Å²) in [5, 5.41) is 10.6. The van der Waals surface area contributed by atoms with Gasteiger partial charge in [-0.15, -0.1) is 0 Å². The van der Waals surface area contributed by atoms with Crippen LogP contribution in [0.1, 0.15) is 426 Å². The average molecular weight is 1450 g/mol. The van der Waals surface area contributed by atoms with Crippen LogP contribution in [-0.4, -0.2) is 96.7 Å². The Morgan fingerprint density at radius 1 is 0.273 bits per heavy atom. The van der Waals surface area contributed by atoms with Crippen LogP contribution in [-0.2, 0) is 65.4 Å². The third-order valence-corrected chi connectivity index (χ3v) is 20.7. The van der Waals surface area contributed by atoms with Gasteiger partial charge in [-0.2, -0.15) is 0 Å². The lowest BCUT2D eigenvalue weighted by Crippen LogP contribution is -2.30. The number of ether oxygens (including phenoxy) is 4. The molecule has 0 amide bonds.